The van der Waals surface area contributed by atoms with Gasteiger partial charge in [0, 0.05) is 0 Å². The molecule has 342 valence electrons. The van der Waals surface area contributed by atoms with Crippen molar-refractivity contribution in [3.63, 3.8) is 0 Å². The molecule has 0 radical (unpaired) electrons. The Hall–Kier alpha value is -1.86. The van der Waals surface area contributed by atoms with Crippen LogP contribution in [0.5, 0.6) is 0 Å². The van der Waals surface area contributed by atoms with Crippen LogP contribution in [0.4, 0.5) is 0 Å². The van der Waals surface area contributed by atoms with Crippen molar-refractivity contribution in [3.8, 4) is 0 Å². The Labute approximate surface area is 395 Å². The average Bonchev–Trinajstić information content (AvgIpc) is 3.43. The fourth-order valence-electron chi connectivity index (χ4n) is 9.93. The molecule has 0 aromatic heterocycles. The van der Waals surface area contributed by atoms with E-state index in [4.69, 9.17) is 0 Å². The van der Waals surface area contributed by atoms with Gasteiger partial charge in [-0.15, -0.1) is 0 Å². The second-order valence-corrected chi connectivity index (χ2v) is 41.2. The normalized spacial score (nSPS) is 14.3. The first-order chi connectivity index (χ1) is 28.6. The molecule has 0 spiro atoms. The molecule has 0 unspecified atom stereocenters. The van der Waals surface area contributed by atoms with Crippen LogP contribution in [0.15, 0.2) is 47.8 Å². The molecule has 6 heteroatoms. The van der Waals surface area contributed by atoms with E-state index in [-0.39, 0.29) is 0 Å². The molecule has 62 heavy (non-hydrogen) atoms. The molecule has 1 aliphatic rings. The van der Waals surface area contributed by atoms with Crippen molar-refractivity contribution in [2.75, 3.05) is 0 Å². The third kappa shape index (κ3) is 10.2. The van der Waals surface area contributed by atoms with E-state index in [0.717, 1.165) is 0 Å². The van der Waals surface area contributed by atoms with E-state index in [0.29, 0.717) is 65.3 Å². The topological polar surface area (TPSA) is 6.48 Å². The number of rotatable bonds is 15. The summed E-state index contributed by atoms with van der Waals surface area (Å²) < 4.78 is 1.58. The first-order valence-electron chi connectivity index (χ1n) is 24.6. The van der Waals surface area contributed by atoms with Gasteiger partial charge in [0.1, 0.15) is 0 Å². The molecule has 0 N–H and O–H groups in total. The molecule has 0 saturated heterocycles. The maximum absolute atomic E-state index is 9.86. The standard InChI is InChI=1S/C56H89ClGeN2Si2/c1-31(2)44-25-47(34(7)8)53(48(26-44)35(9)10)61(58-56-59(40(19)20)42(23)43(24)60(56)41(21)22)62(57,54-49(36(11)12)27-45(32(3)4)28-50(54)37(13)14)55-51(38(15)16)29-46(33(5)6)30-52(55)39(17)18/h25-41H,1-24H3. The minimum absolute atomic E-state index is 0.331. The average molecular weight is 955 g/mol. The molecule has 1 heterocycles. The molecule has 0 aliphatic carbocycles. The van der Waals surface area contributed by atoms with Crippen molar-refractivity contribution in [3.05, 3.63) is 97.9 Å². The summed E-state index contributed by atoms with van der Waals surface area (Å²) in [6, 6.07) is 16.5. The third-order valence-electron chi connectivity index (χ3n) is 13.7. The summed E-state index contributed by atoms with van der Waals surface area (Å²) in [6.07, 6.45) is -1.62. The van der Waals surface area contributed by atoms with Crippen molar-refractivity contribution in [2.45, 2.75) is 232 Å². The Morgan fingerprint density at radius 2 is 0.645 bits per heavy atom. The monoisotopic (exact) mass is 955 g/mol. The van der Waals surface area contributed by atoms with E-state index in [9.17, 15) is 11.1 Å². The summed E-state index contributed by atoms with van der Waals surface area (Å²) in [7, 11) is 0. The number of hydrogen-bond acceptors (Lipinski definition) is 2. The van der Waals surface area contributed by atoms with E-state index in [1.165, 1.54) is 50.3 Å². The van der Waals surface area contributed by atoms with E-state index >= 15 is 0 Å². The van der Waals surface area contributed by atoms with Gasteiger partial charge in [0.15, 0.2) is 0 Å². The van der Waals surface area contributed by atoms with Crippen LogP contribution in [0.1, 0.15) is 270 Å². The Morgan fingerprint density at radius 1 is 0.403 bits per heavy atom. The van der Waals surface area contributed by atoms with E-state index in [2.05, 4.69) is 212 Å². The maximum atomic E-state index is 9.86. The predicted octanol–water partition coefficient (Wildman–Crippen LogP) is 14.6. The first kappa shape index (κ1) is 52.8. The number of hydrogen-bond donors (Lipinski definition) is 0. The van der Waals surface area contributed by atoms with Crippen LogP contribution in [0.2, 0.25) is 0 Å². The summed E-state index contributed by atoms with van der Waals surface area (Å²) in [5.74, 6) is 3.37. The Morgan fingerprint density at radius 3 is 0.855 bits per heavy atom. The van der Waals surface area contributed by atoms with Crippen LogP contribution in [0.3, 0.4) is 0 Å². The Balaban J connectivity index is 2.71. The van der Waals surface area contributed by atoms with Gasteiger partial charge < -0.3 is 0 Å². The van der Waals surface area contributed by atoms with Crippen molar-refractivity contribution in [2.24, 2.45) is 0 Å². The summed E-state index contributed by atoms with van der Waals surface area (Å²) in [6.45, 7) is 54.9. The van der Waals surface area contributed by atoms with Gasteiger partial charge >= 0.3 is 398 Å². The summed E-state index contributed by atoms with van der Waals surface area (Å²) in [4.78, 5) is 5.53. The molecular weight excluding hydrogens is 865 g/mol. The molecule has 2 nitrogen and oxygen atoms in total. The summed E-state index contributed by atoms with van der Waals surface area (Å²) in [5.41, 5.74) is 16.4. The number of benzene rings is 3. The Kier molecular flexibility index (Phi) is 17.7. The Bertz CT molecular complexity index is 2000. The molecule has 3 aromatic rings. The molecule has 0 saturated carbocycles. The fourth-order valence-corrected chi connectivity index (χ4v) is 43.2. The van der Waals surface area contributed by atoms with Crippen LogP contribution < -0.4 is 15.6 Å². The number of allylic oxidation sites excluding steroid dienone is 2. The molecule has 3 aromatic carbocycles. The van der Waals surface area contributed by atoms with Crippen LogP contribution in [0, 0.1) is 0 Å². The van der Waals surface area contributed by atoms with Crippen LogP contribution in [0.25, 0.3) is 0 Å². The van der Waals surface area contributed by atoms with Gasteiger partial charge in [-0.3, -0.25) is 0 Å². The van der Waals surface area contributed by atoms with Crippen LogP contribution in [-0.2, 0) is 0 Å². The van der Waals surface area contributed by atoms with E-state index in [1.807, 2.05) is 0 Å². The summed E-state index contributed by atoms with van der Waals surface area (Å²) in [5, 5.41) is 4.82. The van der Waals surface area contributed by atoms with E-state index in [1.54, 1.807) is 31.3 Å². The van der Waals surface area contributed by atoms with Crippen LogP contribution in [-0.4, -0.2) is 53.6 Å². The molecule has 0 bridgehead atoms. The van der Waals surface area contributed by atoms with Gasteiger partial charge in [0.25, 0.3) is 0 Å². The quantitative estimate of drug-likeness (QED) is 0.111. The zero-order chi connectivity index (χ0) is 47.2. The van der Waals surface area contributed by atoms with Gasteiger partial charge in [-0.25, -0.2) is 0 Å². The van der Waals surface area contributed by atoms with Gasteiger partial charge in [0.05, 0.1) is 0 Å². The molecule has 1 aliphatic heterocycles. The second kappa shape index (κ2) is 20.8. The molecular formula is C56H89ClGeN2Si2. The molecule has 4 rings (SSSR count). The third-order valence-corrected chi connectivity index (χ3v) is 43.2. The van der Waals surface area contributed by atoms with Gasteiger partial charge in [-0.05, 0) is 0 Å². The fraction of sp³-hybridized carbons (Fsp3) is 0.625. The van der Waals surface area contributed by atoms with E-state index < -0.39 is 27.1 Å². The second-order valence-electron chi connectivity index (χ2n) is 22.2. The van der Waals surface area contributed by atoms with Crippen LogP contribution >= 0.6 is 11.1 Å². The van der Waals surface area contributed by atoms with Gasteiger partial charge in [-0.1, -0.05) is 0 Å². The number of nitrogens with zero attached hydrogens (tertiary/aromatic N) is 2. The molecule has 0 amide bonds. The van der Waals surface area contributed by atoms with Crippen molar-refractivity contribution in [1.29, 1.82) is 0 Å². The predicted molar refractivity (Wildman–Crippen MR) is 285 cm³/mol. The summed E-state index contributed by atoms with van der Waals surface area (Å²) >= 11 is 8.95. The zero-order valence-electron chi connectivity index (χ0n) is 44.1. The van der Waals surface area contributed by atoms with Gasteiger partial charge in [0.2, 0.25) is 0 Å². The molecule has 0 fully saturated rings. The molecule has 0 atom stereocenters. The minimum atomic E-state index is -3.32. The van der Waals surface area contributed by atoms with Crippen molar-refractivity contribution in [1.82, 2.24) is 9.80 Å². The van der Waals surface area contributed by atoms with Crippen molar-refractivity contribution < 1.29 is 0 Å². The number of halogens is 1. The SMILES string of the molecule is CC1=C(C)N(C(C)C)[C](=[Ge]=[Si](c2c(C(C)C)cc(C(C)C)cc2C(C)C)[Si](Cl)(c2c(C(C)C)cc(C(C)C)cc2C(C)C)c2c(C(C)C)cc(C(C)C)cc2C(C)C)N1C(C)C. The zero-order valence-corrected chi connectivity index (χ0v) is 48.9. The van der Waals surface area contributed by atoms with Gasteiger partial charge in [-0.2, -0.15) is 0 Å². The first-order valence-corrected chi connectivity index (χ1v) is 34.3. The van der Waals surface area contributed by atoms with Crippen molar-refractivity contribution >= 4 is 58.4 Å².